The van der Waals surface area contributed by atoms with E-state index in [0.29, 0.717) is 5.69 Å². The normalized spacial score (nSPS) is 12.6. The van der Waals surface area contributed by atoms with Gasteiger partial charge in [-0.05, 0) is 19.1 Å². The molecule has 1 aromatic carbocycles. The molecule has 102 valence electrons. The Labute approximate surface area is 113 Å². The van der Waals surface area contributed by atoms with Crippen molar-refractivity contribution < 1.29 is 9.90 Å². The van der Waals surface area contributed by atoms with Gasteiger partial charge in [-0.2, -0.15) is 0 Å². The van der Waals surface area contributed by atoms with Crippen LogP contribution in [-0.4, -0.2) is 16.7 Å². The third-order valence-electron chi connectivity index (χ3n) is 2.58. The second kappa shape index (κ2) is 5.69. The maximum absolute atomic E-state index is 12.2. The number of para-hydroxylation sites is 1. The van der Waals surface area contributed by atoms with E-state index in [-0.39, 0.29) is 17.0 Å². The van der Waals surface area contributed by atoms with Crippen molar-refractivity contribution in [2.45, 2.75) is 27.7 Å². The van der Waals surface area contributed by atoms with E-state index in [4.69, 9.17) is 5.41 Å². The minimum absolute atomic E-state index is 0.0244. The van der Waals surface area contributed by atoms with E-state index in [2.05, 4.69) is 5.32 Å². The summed E-state index contributed by atoms with van der Waals surface area (Å²) in [6.07, 6.45) is 0. The van der Waals surface area contributed by atoms with Crippen LogP contribution in [0, 0.1) is 10.8 Å². The predicted octanol–water partition coefficient (Wildman–Crippen LogP) is 3.52. The van der Waals surface area contributed by atoms with Crippen LogP contribution in [0.3, 0.4) is 0 Å². The molecule has 1 amide bonds. The summed E-state index contributed by atoms with van der Waals surface area (Å²) in [5.74, 6) is -0.542. The Morgan fingerprint density at radius 3 is 2.16 bits per heavy atom. The quantitative estimate of drug-likeness (QED) is 0.442. The van der Waals surface area contributed by atoms with Gasteiger partial charge in [-0.1, -0.05) is 39.0 Å². The first kappa shape index (κ1) is 15.0. The molecule has 0 fully saturated rings. The van der Waals surface area contributed by atoms with Gasteiger partial charge in [-0.3, -0.25) is 4.79 Å². The number of allylic oxidation sites excluding steroid dienone is 1. The number of rotatable bonds is 3. The number of hydrogen-bond donors (Lipinski definition) is 3. The van der Waals surface area contributed by atoms with Crippen molar-refractivity contribution in [1.82, 2.24) is 0 Å². The van der Waals surface area contributed by atoms with E-state index < -0.39 is 11.3 Å². The van der Waals surface area contributed by atoms with E-state index >= 15 is 0 Å². The van der Waals surface area contributed by atoms with Crippen molar-refractivity contribution in [1.29, 1.82) is 5.41 Å². The monoisotopic (exact) mass is 260 g/mol. The number of benzene rings is 1. The van der Waals surface area contributed by atoms with Crippen molar-refractivity contribution in [3.8, 4) is 0 Å². The summed E-state index contributed by atoms with van der Waals surface area (Å²) in [5.41, 5.74) is 0.122. The predicted molar refractivity (Wildman–Crippen MR) is 77.6 cm³/mol. The SMILES string of the molecule is CC(=N)C(C(=O)Nc1ccccc1)=C(O)C(C)(C)C. The highest BCUT2D eigenvalue weighted by Gasteiger charge is 2.26. The zero-order valence-electron chi connectivity index (χ0n) is 11.7. The van der Waals surface area contributed by atoms with Crippen molar-refractivity contribution in [3.63, 3.8) is 0 Å². The first-order chi connectivity index (χ1) is 8.73. The molecule has 1 aromatic rings. The molecule has 19 heavy (non-hydrogen) atoms. The van der Waals surface area contributed by atoms with Gasteiger partial charge >= 0.3 is 0 Å². The van der Waals surface area contributed by atoms with Gasteiger partial charge < -0.3 is 15.8 Å². The molecule has 1 rings (SSSR count). The van der Waals surface area contributed by atoms with Crippen LogP contribution in [0.4, 0.5) is 5.69 Å². The van der Waals surface area contributed by atoms with Gasteiger partial charge in [0.2, 0.25) is 0 Å². The first-order valence-electron chi connectivity index (χ1n) is 6.09. The summed E-state index contributed by atoms with van der Waals surface area (Å²) < 4.78 is 0. The summed E-state index contributed by atoms with van der Waals surface area (Å²) in [5, 5.41) is 20.5. The fraction of sp³-hybridized carbons (Fsp3) is 0.333. The van der Waals surface area contributed by atoms with Gasteiger partial charge in [0, 0.05) is 16.8 Å². The Balaban J connectivity index is 3.09. The molecule has 4 nitrogen and oxygen atoms in total. The lowest BCUT2D eigenvalue weighted by atomic mass is 9.89. The molecule has 0 spiro atoms. The minimum Gasteiger partial charge on any atom is -0.511 e. The molecule has 0 aliphatic carbocycles. The number of carbonyl (C=O) groups excluding carboxylic acids is 1. The first-order valence-corrected chi connectivity index (χ1v) is 6.09. The Morgan fingerprint density at radius 2 is 1.74 bits per heavy atom. The molecule has 0 heterocycles. The Hall–Kier alpha value is -2.10. The van der Waals surface area contributed by atoms with Gasteiger partial charge in [0.15, 0.2) is 0 Å². The van der Waals surface area contributed by atoms with Crippen molar-refractivity contribution in [3.05, 3.63) is 41.7 Å². The highest BCUT2D eigenvalue weighted by atomic mass is 16.3. The number of anilines is 1. The number of carbonyl (C=O) groups is 1. The summed E-state index contributed by atoms with van der Waals surface area (Å²) >= 11 is 0. The van der Waals surface area contributed by atoms with Crippen LogP contribution in [-0.2, 0) is 4.79 Å². The van der Waals surface area contributed by atoms with Crippen LogP contribution in [0.15, 0.2) is 41.7 Å². The molecule has 0 saturated carbocycles. The summed E-state index contributed by atoms with van der Waals surface area (Å²) in [4.78, 5) is 12.2. The summed E-state index contributed by atoms with van der Waals surface area (Å²) in [6, 6.07) is 8.96. The number of nitrogens with one attached hydrogen (secondary N) is 2. The third-order valence-corrected chi connectivity index (χ3v) is 2.58. The van der Waals surface area contributed by atoms with Gasteiger partial charge in [0.1, 0.15) is 5.76 Å². The number of amides is 1. The average molecular weight is 260 g/mol. The van der Waals surface area contributed by atoms with Crippen LogP contribution in [0.2, 0.25) is 0 Å². The Kier molecular flexibility index (Phi) is 4.48. The second-order valence-corrected chi connectivity index (χ2v) is 5.42. The number of aliphatic hydroxyl groups is 1. The van der Waals surface area contributed by atoms with Gasteiger partial charge in [0.25, 0.3) is 5.91 Å². The lowest BCUT2D eigenvalue weighted by Gasteiger charge is -2.21. The Bertz CT molecular complexity index is 511. The topological polar surface area (TPSA) is 73.2 Å². The molecule has 0 bridgehead atoms. The van der Waals surface area contributed by atoms with Crippen molar-refractivity contribution in [2.75, 3.05) is 5.32 Å². The lowest BCUT2D eigenvalue weighted by molar-refractivity contribution is -0.112. The molecule has 0 unspecified atom stereocenters. The minimum atomic E-state index is -0.578. The smallest absolute Gasteiger partial charge is 0.260 e. The van der Waals surface area contributed by atoms with Crippen LogP contribution in [0.25, 0.3) is 0 Å². The highest BCUT2D eigenvalue weighted by Crippen LogP contribution is 2.26. The molecule has 0 saturated heterocycles. The van der Waals surface area contributed by atoms with Crippen LogP contribution in [0.5, 0.6) is 0 Å². The molecule has 4 heteroatoms. The van der Waals surface area contributed by atoms with E-state index in [0.717, 1.165) is 0 Å². The zero-order valence-corrected chi connectivity index (χ0v) is 11.7. The largest absolute Gasteiger partial charge is 0.511 e. The molecule has 0 aliphatic rings. The average Bonchev–Trinajstić information content (AvgIpc) is 2.28. The van der Waals surface area contributed by atoms with E-state index in [1.807, 2.05) is 6.07 Å². The molecule has 0 radical (unpaired) electrons. The fourth-order valence-electron chi connectivity index (χ4n) is 1.55. The maximum atomic E-state index is 12.2. The lowest BCUT2D eigenvalue weighted by Crippen LogP contribution is -2.24. The molecule has 0 aromatic heterocycles. The van der Waals surface area contributed by atoms with Crippen LogP contribution in [0.1, 0.15) is 27.7 Å². The van der Waals surface area contributed by atoms with Gasteiger partial charge in [-0.25, -0.2) is 0 Å². The number of hydrogen-bond acceptors (Lipinski definition) is 3. The zero-order chi connectivity index (χ0) is 14.6. The second-order valence-electron chi connectivity index (χ2n) is 5.42. The highest BCUT2D eigenvalue weighted by molar-refractivity contribution is 6.24. The fourth-order valence-corrected chi connectivity index (χ4v) is 1.55. The molecular weight excluding hydrogens is 240 g/mol. The molecule has 0 atom stereocenters. The van der Waals surface area contributed by atoms with Crippen LogP contribution >= 0.6 is 0 Å². The van der Waals surface area contributed by atoms with Crippen molar-refractivity contribution >= 4 is 17.3 Å². The van der Waals surface area contributed by atoms with E-state index in [9.17, 15) is 9.90 Å². The summed E-state index contributed by atoms with van der Waals surface area (Å²) in [7, 11) is 0. The molecule has 0 aliphatic heterocycles. The standard InChI is InChI=1S/C15H20N2O2/c1-10(16)12(13(18)15(2,3)4)14(19)17-11-8-6-5-7-9-11/h5-9,16,18H,1-4H3,(H,17,19). The Morgan fingerprint density at radius 1 is 1.21 bits per heavy atom. The third kappa shape index (κ3) is 3.95. The van der Waals surface area contributed by atoms with Crippen molar-refractivity contribution in [2.24, 2.45) is 5.41 Å². The number of aliphatic hydroxyl groups excluding tert-OH is 1. The molecular formula is C15H20N2O2. The van der Waals surface area contributed by atoms with Gasteiger partial charge in [0.05, 0.1) is 5.57 Å². The van der Waals surface area contributed by atoms with E-state index in [1.54, 1.807) is 45.0 Å². The molecule has 3 N–H and O–H groups in total. The summed E-state index contributed by atoms with van der Waals surface area (Å²) in [6.45, 7) is 6.87. The van der Waals surface area contributed by atoms with E-state index in [1.165, 1.54) is 6.92 Å². The maximum Gasteiger partial charge on any atom is 0.260 e. The van der Waals surface area contributed by atoms with Gasteiger partial charge in [-0.15, -0.1) is 0 Å². The van der Waals surface area contributed by atoms with Crippen LogP contribution < -0.4 is 5.32 Å².